The van der Waals surface area contributed by atoms with Gasteiger partial charge in [0.25, 0.3) is 21.8 Å². The highest BCUT2D eigenvalue weighted by Gasteiger charge is 2.55. The van der Waals surface area contributed by atoms with Crippen LogP contribution in [-0.2, 0) is 14.8 Å². The maximum atomic E-state index is 12.7. The van der Waals surface area contributed by atoms with Gasteiger partial charge >= 0.3 is 6.18 Å². The van der Waals surface area contributed by atoms with E-state index < -0.39 is 43.5 Å². The average Bonchev–Trinajstić information content (AvgIpc) is 2.61. The Morgan fingerprint density at radius 3 is 2.30 bits per heavy atom. The topological polar surface area (TPSA) is 113 Å². The maximum absolute atomic E-state index is 12.7. The molecule has 162 valence electrons. The number of anilines is 1. The summed E-state index contributed by atoms with van der Waals surface area (Å²) in [7, 11) is -4.37. The number of rotatable bonds is 5. The Bertz CT molecular complexity index is 1110. The second-order valence-corrected chi connectivity index (χ2v) is 9.45. The van der Waals surface area contributed by atoms with Crippen LogP contribution in [0.2, 0.25) is 5.02 Å². The van der Waals surface area contributed by atoms with Crippen molar-refractivity contribution in [2.24, 2.45) is 0 Å². The number of hydrogen-bond acceptors (Lipinski definition) is 5. The Morgan fingerprint density at radius 1 is 1.13 bits per heavy atom. The maximum Gasteiger partial charge on any atom is 0.426 e. The molecule has 0 fully saturated rings. The number of carbonyl (C=O) groups is 2. The molecule has 0 aliphatic rings. The number of carbonyl (C=O) groups excluding carboxylic acids is 2. The number of alkyl halides is 3. The molecule has 0 aromatic heterocycles. The van der Waals surface area contributed by atoms with Gasteiger partial charge in [-0.15, -0.1) is 0 Å². The lowest BCUT2D eigenvalue weighted by Gasteiger charge is -2.25. The third-order valence-corrected chi connectivity index (χ3v) is 6.12. The van der Waals surface area contributed by atoms with Crippen LogP contribution in [0.25, 0.3) is 0 Å². The number of aliphatic hydroxyl groups is 1. The zero-order valence-corrected chi connectivity index (χ0v) is 18.6. The third kappa shape index (κ3) is 5.42. The molecule has 0 heterocycles. The fraction of sp³-hybridized carbons (Fsp3) is 0.176. The number of hydrogen-bond donors (Lipinski definition) is 3. The molecule has 0 aliphatic carbocycles. The van der Waals surface area contributed by atoms with E-state index in [-0.39, 0.29) is 18.2 Å². The van der Waals surface area contributed by atoms with Gasteiger partial charge in [-0.3, -0.25) is 9.59 Å². The van der Waals surface area contributed by atoms with Crippen molar-refractivity contribution in [3.63, 3.8) is 0 Å². The van der Waals surface area contributed by atoms with Crippen LogP contribution in [0.1, 0.15) is 17.3 Å². The first-order valence-electron chi connectivity index (χ1n) is 7.88. The zero-order valence-electron chi connectivity index (χ0n) is 14.9. The van der Waals surface area contributed by atoms with Crippen LogP contribution < -0.4 is 10.0 Å². The molecular formula is C17H13ClF3IN2O5S. The van der Waals surface area contributed by atoms with Gasteiger partial charge in [-0.05, 0) is 65.9 Å². The molecule has 2 amide bonds. The molecule has 2 rings (SSSR count). The van der Waals surface area contributed by atoms with Gasteiger partial charge in [0, 0.05) is 9.13 Å². The second-order valence-electron chi connectivity index (χ2n) is 6.11. The normalized spacial score (nSPS) is 14.0. The first kappa shape index (κ1) is 24.4. The predicted molar refractivity (Wildman–Crippen MR) is 111 cm³/mol. The Labute approximate surface area is 187 Å². The van der Waals surface area contributed by atoms with Crippen molar-refractivity contribution in [1.29, 1.82) is 0 Å². The largest absolute Gasteiger partial charge is 0.426 e. The van der Waals surface area contributed by atoms with Gasteiger partial charge < -0.3 is 10.4 Å². The Kier molecular flexibility index (Phi) is 7.06. The van der Waals surface area contributed by atoms with Crippen molar-refractivity contribution in [2.45, 2.75) is 23.6 Å². The SMILES string of the molecule is CC(O)(C(=O)Nc1ccc(S(=O)(=O)NC(=O)c2cccc(I)c2)cc1Cl)C(F)(F)F. The third-order valence-electron chi connectivity index (χ3n) is 3.81. The summed E-state index contributed by atoms with van der Waals surface area (Å²) in [5, 5.41) is 10.7. The lowest BCUT2D eigenvalue weighted by atomic mass is 10.1. The fourth-order valence-corrected chi connectivity index (χ4v) is 3.84. The van der Waals surface area contributed by atoms with Crippen LogP contribution in [0, 0.1) is 3.57 Å². The molecular weight excluding hydrogens is 564 g/mol. The summed E-state index contributed by atoms with van der Waals surface area (Å²) in [5.74, 6) is -2.71. The fourth-order valence-electron chi connectivity index (χ4n) is 2.01. The number of amides is 2. The van der Waals surface area contributed by atoms with E-state index in [0.717, 1.165) is 18.2 Å². The molecule has 2 aromatic rings. The lowest BCUT2D eigenvalue weighted by molar-refractivity contribution is -0.242. The zero-order chi connectivity index (χ0) is 22.9. The lowest BCUT2D eigenvalue weighted by Crippen LogP contribution is -2.52. The van der Waals surface area contributed by atoms with Crippen LogP contribution in [0.3, 0.4) is 0 Å². The predicted octanol–water partition coefficient (Wildman–Crippen LogP) is 3.32. The van der Waals surface area contributed by atoms with Crippen molar-refractivity contribution in [1.82, 2.24) is 4.72 Å². The number of benzene rings is 2. The summed E-state index contributed by atoms with van der Waals surface area (Å²) < 4.78 is 65.6. The van der Waals surface area contributed by atoms with E-state index in [1.807, 2.05) is 27.3 Å². The summed E-state index contributed by atoms with van der Waals surface area (Å²) >= 11 is 7.81. The van der Waals surface area contributed by atoms with Crippen molar-refractivity contribution in [3.05, 3.63) is 56.6 Å². The Hall–Kier alpha value is -1.90. The Morgan fingerprint density at radius 2 is 1.77 bits per heavy atom. The van der Waals surface area contributed by atoms with E-state index in [1.54, 1.807) is 17.4 Å². The molecule has 13 heteroatoms. The summed E-state index contributed by atoms with van der Waals surface area (Å²) in [5.41, 5.74) is -3.97. The van der Waals surface area contributed by atoms with Crippen molar-refractivity contribution in [3.8, 4) is 0 Å². The molecule has 3 N–H and O–H groups in total. The molecule has 0 saturated heterocycles. The molecule has 0 aliphatic heterocycles. The highest BCUT2D eigenvalue weighted by Crippen LogP contribution is 2.32. The minimum atomic E-state index is -5.24. The van der Waals surface area contributed by atoms with E-state index in [2.05, 4.69) is 0 Å². The Balaban J connectivity index is 2.23. The first-order valence-corrected chi connectivity index (χ1v) is 10.8. The van der Waals surface area contributed by atoms with Crippen LogP contribution in [0.5, 0.6) is 0 Å². The van der Waals surface area contributed by atoms with Crippen LogP contribution in [0.15, 0.2) is 47.4 Å². The van der Waals surface area contributed by atoms with E-state index in [4.69, 9.17) is 11.6 Å². The van der Waals surface area contributed by atoms with E-state index in [9.17, 15) is 36.3 Å². The molecule has 1 atom stereocenters. The van der Waals surface area contributed by atoms with Crippen molar-refractivity contribution >= 4 is 61.7 Å². The van der Waals surface area contributed by atoms with Gasteiger partial charge in [-0.1, -0.05) is 17.7 Å². The van der Waals surface area contributed by atoms with Crippen molar-refractivity contribution < 1.29 is 36.3 Å². The molecule has 30 heavy (non-hydrogen) atoms. The van der Waals surface area contributed by atoms with Gasteiger partial charge in [0.15, 0.2) is 0 Å². The molecule has 1 unspecified atom stereocenters. The minimum absolute atomic E-state index is 0.0924. The molecule has 7 nitrogen and oxygen atoms in total. The molecule has 0 spiro atoms. The average molecular weight is 577 g/mol. The van der Waals surface area contributed by atoms with Crippen LogP contribution >= 0.6 is 34.2 Å². The highest BCUT2D eigenvalue weighted by molar-refractivity contribution is 14.1. The summed E-state index contributed by atoms with van der Waals surface area (Å²) in [6, 6.07) is 8.83. The van der Waals surface area contributed by atoms with Crippen LogP contribution in [-0.4, -0.2) is 37.1 Å². The number of nitrogens with one attached hydrogen (secondary N) is 2. The van der Waals surface area contributed by atoms with E-state index in [1.165, 1.54) is 12.1 Å². The number of halogens is 5. The summed E-state index contributed by atoms with van der Waals surface area (Å²) in [4.78, 5) is 23.4. The van der Waals surface area contributed by atoms with Gasteiger partial charge in [-0.25, -0.2) is 13.1 Å². The van der Waals surface area contributed by atoms with E-state index >= 15 is 0 Å². The smallest absolute Gasteiger partial charge is 0.373 e. The van der Waals surface area contributed by atoms with Crippen molar-refractivity contribution in [2.75, 3.05) is 5.32 Å². The minimum Gasteiger partial charge on any atom is -0.373 e. The highest BCUT2D eigenvalue weighted by atomic mass is 127. The molecule has 2 aromatic carbocycles. The second kappa shape index (κ2) is 8.69. The first-order chi connectivity index (χ1) is 13.6. The van der Waals surface area contributed by atoms with Gasteiger partial charge in [0.2, 0.25) is 5.60 Å². The standard InChI is InChI=1S/C17H13ClF3IN2O5S/c1-16(27,17(19,20)21)15(26)23-13-6-5-11(8-12(13)18)30(28,29)24-14(25)9-3-2-4-10(22)7-9/h2-8,27H,1H3,(H,23,26)(H,24,25). The summed E-state index contributed by atoms with van der Waals surface area (Å²) in [6.07, 6.45) is -5.24. The summed E-state index contributed by atoms with van der Waals surface area (Å²) in [6.45, 7) is 0.259. The molecule has 0 saturated carbocycles. The monoisotopic (exact) mass is 576 g/mol. The quantitative estimate of drug-likeness (QED) is 0.473. The van der Waals surface area contributed by atoms with Gasteiger partial charge in [0.1, 0.15) is 0 Å². The van der Waals surface area contributed by atoms with Gasteiger partial charge in [0.05, 0.1) is 15.6 Å². The van der Waals surface area contributed by atoms with Crippen LogP contribution in [0.4, 0.5) is 18.9 Å². The van der Waals surface area contributed by atoms with Gasteiger partial charge in [-0.2, -0.15) is 13.2 Å². The van der Waals surface area contributed by atoms with E-state index in [0.29, 0.717) is 3.57 Å². The number of sulfonamides is 1. The molecule has 0 bridgehead atoms. The molecule has 0 radical (unpaired) electrons.